The normalized spacial score (nSPS) is 18.8. The van der Waals surface area contributed by atoms with E-state index in [1.165, 1.54) is 0 Å². The van der Waals surface area contributed by atoms with E-state index in [0.29, 0.717) is 23.8 Å². The first kappa shape index (κ1) is 12.2. The lowest BCUT2D eigenvalue weighted by Crippen LogP contribution is -2.53. The first-order valence-corrected chi connectivity index (χ1v) is 5.97. The second kappa shape index (κ2) is 4.56. The Balaban J connectivity index is 2.45. The molecule has 2 rings (SSSR count). The molecular formula is C13H15ClN2O. The number of halogens is 1. The van der Waals surface area contributed by atoms with Gasteiger partial charge in [-0.25, -0.2) is 0 Å². The monoisotopic (exact) mass is 250 g/mol. The van der Waals surface area contributed by atoms with Crippen LogP contribution in [0.2, 0.25) is 5.02 Å². The minimum absolute atomic E-state index is 0.117. The van der Waals surface area contributed by atoms with E-state index < -0.39 is 0 Å². The van der Waals surface area contributed by atoms with Crippen LogP contribution in [-0.2, 0) is 4.74 Å². The van der Waals surface area contributed by atoms with Gasteiger partial charge in [0, 0.05) is 11.6 Å². The van der Waals surface area contributed by atoms with Crippen molar-refractivity contribution in [3.05, 3.63) is 28.8 Å². The smallest absolute Gasteiger partial charge is 0.101 e. The van der Waals surface area contributed by atoms with Gasteiger partial charge in [-0.05, 0) is 32.0 Å². The van der Waals surface area contributed by atoms with Gasteiger partial charge in [0.05, 0.1) is 30.0 Å². The van der Waals surface area contributed by atoms with Crippen molar-refractivity contribution < 1.29 is 4.74 Å². The highest BCUT2D eigenvalue weighted by Crippen LogP contribution is 2.31. The molecule has 1 aliphatic rings. The summed E-state index contributed by atoms with van der Waals surface area (Å²) < 4.78 is 5.48. The zero-order chi connectivity index (χ0) is 12.5. The Labute approximate surface area is 107 Å². The average Bonchev–Trinajstić information content (AvgIpc) is 2.28. The Bertz CT molecular complexity index is 465. The molecule has 1 heterocycles. The number of nitriles is 1. The summed E-state index contributed by atoms with van der Waals surface area (Å²) in [5.41, 5.74) is 1.44. The summed E-state index contributed by atoms with van der Waals surface area (Å²) in [5.74, 6) is 0. The van der Waals surface area contributed by atoms with Crippen LogP contribution >= 0.6 is 11.6 Å². The molecule has 3 nitrogen and oxygen atoms in total. The van der Waals surface area contributed by atoms with Gasteiger partial charge in [0.1, 0.15) is 6.07 Å². The zero-order valence-electron chi connectivity index (χ0n) is 10.0. The van der Waals surface area contributed by atoms with Gasteiger partial charge in [-0.2, -0.15) is 5.26 Å². The number of morpholine rings is 1. The molecule has 0 N–H and O–H groups in total. The molecule has 1 aromatic rings. The molecule has 0 bridgehead atoms. The third-order valence-corrected chi connectivity index (χ3v) is 3.25. The first-order chi connectivity index (χ1) is 8.04. The fourth-order valence-corrected chi connectivity index (χ4v) is 2.29. The molecule has 17 heavy (non-hydrogen) atoms. The van der Waals surface area contributed by atoms with Gasteiger partial charge >= 0.3 is 0 Å². The molecule has 0 amide bonds. The number of nitrogens with zero attached hydrogens (tertiary/aromatic N) is 2. The van der Waals surface area contributed by atoms with Gasteiger partial charge in [0.2, 0.25) is 0 Å². The van der Waals surface area contributed by atoms with Gasteiger partial charge in [0.15, 0.2) is 0 Å². The van der Waals surface area contributed by atoms with Crippen LogP contribution in [0.25, 0.3) is 0 Å². The van der Waals surface area contributed by atoms with Gasteiger partial charge in [-0.15, -0.1) is 0 Å². The molecule has 1 aromatic carbocycles. The summed E-state index contributed by atoms with van der Waals surface area (Å²) in [7, 11) is 0. The third kappa shape index (κ3) is 2.38. The Morgan fingerprint density at radius 3 is 2.88 bits per heavy atom. The predicted molar refractivity (Wildman–Crippen MR) is 68.4 cm³/mol. The van der Waals surface area contributed by atoms with Crippen molar-refractivity contribution in [1.29, 1.82) is 5.26 Å². The highest BCUT2D eigenvalue weighted by Gasteiger charge is 2.32. The van der Waals surface area contributed by atoms with E-state index in [-0.39, 0.29) is 5.54 Å². The topological polar surface area (TPSA) is 36.3 Å². The van der Waals surface area contributed by atoms with Crippen LogP contribution in [0.15, 0.2) is 18.2 Å². The molecule has 0 saturated carbocycles. The van der Waals surface area contributed by atoms with E-state index in [1.54, 1.807) is 12.1 Å². The zero-order valence-corrected chi connectivity index (χ0v) is 10.8. The summed E-state index contributed by atoms with van der Waals surface area (Å²) in [6.07, 6.45) is 0. The number of rotatable bonds is 1. The lowest BCUT2D eigenvalue weighted by Gasteiger charge is -2.44. The van der Waals surface area contributed by atoms with Crippen molar-refractivity contribution in [2.75, 3.05) is 24.7 Å². The van der Waals surface area contributed by atoms with Crippen LogP contribution < -0.4 is 4.90 Å². The number of anilines is 1. The van der Waals surface area contributed by atoms with E-state index in [9.17, 15) is 0 Å². The van der Waals surface area contributed by atoms with Crippen LogP contribution in [-0.4, -0.2) is 25.3 Å². The van der Waals surface area contributed by atoms with Crippen LogP contribution in [0.3, 0.4) is 0 Å². The maximum atomic E-state index is 9.16. The Hall–Kier alpha value is -1.24. The lowest BCUT2D eigenvalue weighted by molar-refractivity contribution is 0.0644. The van der Waals surface area contributed by atoms with Gasteiger partial charge in [0.25, 0.3) is 0 Å². The summed E-state index contributed by atoms with van der Waals surface area (Å²) >= 11 is 6.02. The van der Waals surface area contributed by atoms with E-state index in [2.05, 4.69) is 24.8 Å². The van der Waals surface area contributed by atoms with Crippen molar-refractivity contribution in [2.24, 2.45) is 0 Å². The van der Waals surface area contributed by atoms with Crippen LogP contribution in [0, 0.1) is 11.3 Å². The highest BCUT2D eigenvalue weighted by atomic mass is 35.5. The minimum atomic E-state index is -0.117. The van der Waals surface area contributed by atoms with Crippen molar-refractivity contribution >= 4 is 17.3 Å². The van der Waals surface area contributed by atoms with Gasteiger partial charge < -0.3 is 9.64 Å². The number of hydrogen-bond acceptors (Lipinski definition) is 3. The minimum Gasteiger partial charge on any atom is -0.377 e. The van der Waals surface area contributed by atoms with Crippen LogP contribution in [0.4, 0.5) is 5.69 Å². The van der Waals surface area contributed by atoms with Crippen molar-refractivity contribution in [1.82, 2.24) is 0 Å². The van der Waals surface area contributed by atoms with Crippen LogP contribution in [0.5, 0.6) is 0 Å². The van der Waals surface area contributed by atoms with E-state index in [0.717, 1.165) is 12.2 Å². The first-order valence-electron chi connectivity index (χ1n) is 5.59. The molecule has 0 aliphatic carbocycles. The molecule has 1 fully saturated rings. The number of benzene rings is 1. The molecule has 0 radical (unpaired) electrons. The van der Waals surface area contributed by atoms with E-state index in [4.69, 9.17) is 21.6 Å². The molecule has 1 saturated heterocycles. The van der Waals surface area contributed by atoms with Crippen LogP contribution in [0.1, 0.15) is 19.4 Å². The lowest BCUT2D eigenvalue weighted by atomic mass is 10.00. The molecule has 90 valence electrons. The second-order valence-electron chi connectivity index (χ2n) is 4.79. The van der Waals surface area contributed by atoms with Gasteiger partial charge in [-0.1, -0.05) is 11.6 Å². The fraction of sp³-hybridized carbons (Fsp3) is 0.462. The standard InChI is InChI=1S/C13H15ClN2O/c1-13(2)9-17-6-5-16(13)12-7-11(14)4-3-10(12)8-15/h3-4,7H,5-6,9H2,1-2H3. The number of hydrogen-bond donors (Lipinski definition) is 0. The summed E-state index contributed by atoms with van der Waals surface area (Å²) in [5, 5.41) is 9.81. The molecule has 0 atom stereocenters. The maximum Gasteiger partial charge on any atom is 0.101 e. The van der Waals surface area contributed by atoms with Crippen molar-refractivity contribution in [2.45, 2.75) is 19.4 Å². The number of ether oxygens (including phenoxy) is 1. The molecule has 0 unspecified atom stereocenters. The fourth-order valence-electron chi connectivity index (χ4n) is 2.13. The largest absolute Gasteiger partial charge is 0.377 e. The predicted octanol–water partition coefficient (Wildman–Crippen LogP) is 2.83. The maximum absolute atomic E-state index is 9.16. The van der Waals surface area contributed by atoms with E-state index >= 15 is 0 Å². The molecular weight excluding hydrogens is 236 g/mol. The SMILES string of the molecule is CC1(C)COCCN1c1cc(Cl)ccc1C#N. The Morgan fingerprint density at radius 1 is 1.47 bits per heavy atom. The average molecular weight is 251 g/mol. The summed E-state index contributed by atoms with van der Waals surface area (Å²) in [6.45, 7) is 6.33. The second-order valence-corrected chi connectivity index (χ2v) is 5.23. The summed E-state index contributed by atoms with van der Waals surface area (Å²) in [6, 6.07) is 7.59. The van der Waals surface area contributed by atoms with Crippen molar-refractivity contribution in [3.63, 3.8) is 0 Å². The Kier molecular flexibility index (Phi) is 3.28. The highest BCUT2D eigenvalue weighted by molar-refractivity contribution is 6.30. The molecule has 4 heteroatoms. The molecule has 1 aliphatic heterocycles. The van der Waals surface area contributed by atoms with Gasteiger partial charge in [-0.3, -0.25) is 0 Å². The van der Waals surface area contributed by atoms with E-state index in [1.807, 2.05) is 6.07 Å². The van der Waals surface area contributed by atoms with Crippen molar-refractivity contribution in [3.8, 4) is 6.07 Å². The molecule has 0 aromatic heterocycles. The Morgan fingerprint density at radius 2 is 2.24 bits per heavy atom. The quantitative estimate of drug-likeness (QED) is 0.769. The third-order valence-electron chi connectivity index (χ3n) is 3.02. The molecule has 0 spiro atoms. The summed E-state index contributed by atoms with van der Waals surface area (Å²) in [4.78, 5) is 2.20.